The van der Waals surface area contributed by atoms with E-state index < -0.39 is 23.7 Å². The van der Waals surface area contributed by atoms with Crippen LogP contribution in [0.4, 0.5) is 5.69 Å². The van der Waals surface area contributed by atoms with Crippen molar-refractivity contribution in [2.75, 3.05) is 18.1 Å². The number of ketones is 1. The van der Waals surface area contributed by atoms with E-state index in [1.165, 1.54) is 11.0 Å². The molecule has 8 heteroatoms. The first-order chi connectivity index (χ1) is 17.9. The predicted octanol–water partition coefficient (Wildman–Crippen LogP) is 5.93. The smallest absolute Gasteiger partial charge is 0.338 e. The van der Waals surface area contributed by atoms with Gasteiger partial charge in [-0.2, -0.15) is 0 Å². The zero-order valence-corrected chi connectivity index (χ0v) is 21.2. The molecule has 1 N–H and O–H groups in total. The van der Waals surface area contributed by atoms with Crippen molar-refractivity contribution in [3.63, 3.8) is 0 Å². The summed E-state index contributed by atoms with van der Waals surface area (Å²) in [7, 11) is 0. The highest BCUT2D eigenvalue weighted by Crippen LogP contribution is 2.42. The van der Waals surface area contributed by atoms with E-state index >= 15 is 0 Å². The zero-order valence-electron chi connectivity index (χ0n) is 20.4. The largest absolute Gasteiger partial charge is 0.507 e. The first-order valence-electron chi connectivity index (χ1n) is 11.9. The minimum absolute atomic E-state index is 0.0626. The van der Waals surface area contributed by atoms with Gasteiger partial charge in [-0.25, -0.2) is 4.79 Å². The number of esters is 1. The standard InChI is InChI=1S/C29H26ClNO6/c1-3-16-37-29(35)19-10-13-21(14-11-19)31-25(18-8-6-5-7-9-18)24(27(33)28(31)34)26(32)20-12-15-22(30)23(17-20)36-4-2/h5-15,17,25,32H,3-4,16H2,1-2H3/b26-24-. The van der Waals surface area contributed by atoms with Gasteiger partial charge in [-0.15, -0.1) is 0 Å². The molecule has 0 saturated carbocycles. The molecule has 1 amide bonds. The number of aliphatic hydroxyl groups is 1. The monoisotopic (exact) mass is 519 g/mol. The summed E-state index contributed by atoms with van der Waals surface area (Å²) in [5.74, 6) is -2.08. The van der Waals surface area contributed by atoms with Crippen molar-refractivity contribution in [1.82, 2.24) is 0 Å². The first kappa shape index (κ1) is 26.0. The highest BCUT2D eigenvalue weighted by atomic mass is 35.5. The predicted molar refractivity (Wildman–Crippen MR) is 141 cm³/mol. The van der Waals surface area contributed by atoms with Crippen LogP contribution in [0.5, 0.6) is 5.75 Å². The third-order valence-electron chi connectivity index (χ3n) is 5.88. The van der Waals surface area contributed by atoms with E-state index in [0.29, 0.717) is 52.8 Å². The molecule has 3 aromatic rings. The fraction of sp³-hybridized carbons (Fsp3) is 0.207. The molecule has 1 aliphatic rings. The lowest BCUT2D eigenvalue weighted by Crippen LogP contribution is -2.29. The number of nitrogens with zero attached hydrogens (tertiary/aromatic N) is 1. The van der Waals surface area contributed by atoms with Gasteiger partial charge in [-0.1, -0.05) is 48.9 Å². The van der Waals surface area contributed by atoms with E-state index in [-0.39, 0.29) is 11.3 Å². The molecule has 0 radical (unpaired) electrons. The van der Waals surface area contributed by atoms with E-state index in [9.17, 15) is 19.5 Å². The second-order valence-electron chi connectivity index (χ2n) is 8.34. The van der Waals surface area contributed by atoms with Crippen LogP contribution < -0.4 is 9.64 Å². The van der Waals surface area contributed by atoms with Gasteiger partial charge < -0.3 is 14.6 Å². The van der Waals surface area contributed by atoms with Crippen LogP contribution in [-0.4, -0.2) is 36.0 Å². The van der Waals surface area contributed by atoms with Gasteiger partial charge in [0.15, 0.2) is 0 Å². The molecule has 1 heterocycles. The van der Waals surface area contributed by atoms with Crippen molar-refractivity contribution in [3.8, 4) is 5.75 Å². The summed E-state index contributed by atoms with van der Waals surface area (Å²) in [6, 6.07) is 19.0. The van der Waals surface area contributed by atoms with E-state index in [2.05, 4.69) is 0 Å². The molecule has 0 bridgehead atoms. The van der Waals surface area contributed by atoms with Gasteiger partial charge in [0.1, 0.15) is 11.5 Å². The molecule has 0 spiro atoms. The number of aliphatic hydroxyl groups excluding tert-OH is 1. The molecule has 7 nitrogen and oxygen atoms in total. The second-order valence-corrected chi connectivity index (χ2v) is 8.75. The minimum atomic E-state index is -0.898. The van der Waals surface area contributed by atoms with Crippen molar-refractivity contribution in [1.29, 1.82) is 0 Å². The summed E-state index contributed by atoms with van der Waals surface area (Å²) in [6.45, 7) is 4.37. The lowest BCUT2D eigenvalue weighted by Gasteiger charge is -2.25. The van der Waals surface area contributed by atoms with Gasteiger partial charge >= 0.3 is 5.97 Å². The average molecular weight is 520 g/mol. The Morgan fingerprint density at radius 2 is 1.65 bits per heavy atom. The van der Waals surface area contributed by atoms with Gasteiger partial charge in [0.05, 0.1) is 35.4 Å². The molecule has 1 aliphatic heterocycles. The van der Waals surface area contributed by atoms with Crippen LogP contribution in [0.25, 0.3) is 5.76 Å². The quantitative estimate of drug-likeness (QED) is 0.171. The Bertz CT molecular complexity index is 1350. The molecule has 1 saturated heterocycles. The van der Waals surface area contributed by atoms with E-state index in [1.54, 1.807) is 67.6 Å². The molecule has 3 aromatic carbocycles. The van der Waals surface area contributed by atoms with Crippen molar-refractivity contribution < 1.29 is 29.0 Å². The third kappa shape index (κ3) is 5.22. The van der Waals surface area contributed by atoms with Gasteiger partial charge in [0.2, 0.25) is 0 Å². The molecule has 0 aliphatic carbocycles. The van der Waals surface area contributed by atoms with Gasteiger partial charge in [-0.3, -0.25) is 14.5 Å². The van der Waals surface area contributed by atoms with Gasteiger partial charge in [0, 0.05) is 11.3 Å². The molecular formula is C29H26ClNO6. The molecule has 4 rings (SSSR count). The molecule has 1 fully saturated rings. The van der Waals surface area contributed by atoms with Gasteiger partial charge in [-0.05, 0) is 61.4 Å². The SMILES string of the molecule is CCCOC(=O)c1ccc(N2C(=O)C(=O)/C(=C(\O)c3ccc(Cl)c(OCC)c3)C2c2ccccc2)cc1. The number of ether oxygens (including phenoxy) is 2. The highest BCUT2D eigenvalue weighted by molar-refractivity contribution is 6.51. The number of carbonyl (C=O) groups is 3. The summed E-state index contributed by atoms with van der Waals surface area (Å²) < 4.78 is 10.7. The normalized spacial score (nSPS) is 16.6. The number of Topliss-reactive ketones (excluding diaryl/α,β-unsaturated/α-hetero) is 1. The maximum absolute atomic E-state index is 13.3. The van der Waals surface area contributed by atoms with Crippen LogP contribution in [0.15, 0.2) is 78.4 Å². The fourth-order valence-corrected chi connectivity index (χ4v) is 4.33. The fourth-order valence-electron chi connectivity index (χ4n) is 4.16. The Morgan fingerprint density at radius 1 is 0.973 bits per heavy atom. The van der Waals surface area contributed by atoms with Crippen LogP contribution in [0.2, 0.25) is 5.02 Å². The molecular weight excluding hydrogens is 494 g/mol. The number of anilines is 1. The summed E-state index contributed by atoms with van der Waals surface area (Å²) >= 11 is 6.20. The van der Waals surface area contributed by atoms with Gasteiger partial charge in [0.25, 0.3) is 11.7 Å². The molecule has 1 unspecified atom stereocenters. The Kier molecular flexibility index (Phi) is 7.94. The number of rotatable bonds is 8. The topological polar surface area (TPSA) is 93.1 Å². The first-order valence-corrected chi connectivity index (χ1v) is 12.3. The van der Waals surface area contributed by atoms with Crippen molar-refractivity contribution >= 4 is 40.7 Å². The van der Waals surface area contributed by atoms with Crippen LogP contribution >= 0.6 is 11.6 Å². The minimum Gasteiger partial charge on any atom is -0.507 e. The molecule has 190 valence electrons. The molecule has 0 aromatic heterocycles. The summed E-state index contributed by atoms with van der Waals surface area (Å²) in [5, 5.41) is 11.7. The van der Waals surface area contributed by atoms with Crippen molar-refractivity contribution in [2.24, 2.45) is 0 Å². The number of benzene rings is 3. The summed E-state index contributed by atoms with van der Waals surface area (Å²) in [6.07, 6.45) is 0.700. The Morgan fingerprint density at radius 3 is 2.30 bits per heavy atom. The Balaban J connectivity index is 1.81. The Hall–Kier alpha value is -4.10. The van der Waals surface area contributed by atoms with E-state index in [1.807, 2.05) is 13.0 Å². The molecule has 1 atom stereocenters. The second kappa shape index (κ2) is 11.3. The van der Waals surface area contributed by atoms with Crippen LogP contribution in [-0.2, 0) is 14.3 Å². The number of hydrogen-bond donors (Lipinski definition) is 1. The highest BCUT2D eigenvalue weighted by Gasteiger charge is 2.47. The van der Waals surface area contributed by atoms with E-state index in [4.69, 9.17) is 21.1 Å². The number of carbonyl (C=O) groups excluding carboxylic acids is 3. The number of hydrogen-bond acceptors (Lipinski definition) is 6. The maximum Gasteiger partial charge on any atom is 0.338 e. The van der Waals surface area contributed by atoms with Crippen molar-refractivity contribution in [2.45, 2.75) is 26.3 Å². The Labute approximate surface area is 219 Å². The van der Waals surface area contributed by atoms with Crippen molar-refractivity contribution in [3.05, 3.63) is 100 Å². The molecule has 37 heavy (non-hydrogen) atoms. The maximum atomic E-state index is 13.3. The zero-order chi connectivity index (χ0) is 26.5. The van der Waals surface area contributed by atoms with Crippen LogP contribution in [0, 0.1) is 0 Å². The summed E-state index contributed by atoms with van der Waals surface area (Å²) in [4.78, 5) is 40.2. The average Bonchev–Trinajstić information content (AvgIpc) is 3.19. The lowest BCUT2D eigenvalue weighted by molar-refractivity contribution is -0.132. The number of amides is 1. The van der Waals surface area contributed by atoms with Crippen LogP contribution in [0.3, 0.4) is 0 Å². The third-order valence-corrected chi connectivity index (χ3v) is 6.19. The van der Waals surface area contributed by atoms with E-state index in [0.717, 1.165) is 0 Å². The number of halogens is 1. The summed E-state index contributed by atoms with van der Waals surface area (Å²) in [5.41, 5.74) is 1.59. The lowest BCUT2D eigenvalue weighted by atomic mass is 9.95. The van der Waals surface area contributed by atoms with Crippen LogP contribution in [0.1, 0.15) is 47.8 Å².